The van der Waals surface area contributed by atoms with Crippen LogP contribution in [-0.4, -0.2) is 25.4 Å². The molecule has 0 amide bonds. The van der Waals surface area contributed by atoms with Crippen LogP contribution in [-0.2, 0) is 9.47 Å². The number of hydrogen-bond acceptors (Lipinski definition) is 2. The van der Waals surface area contributed by atoms with Crippen LogP contribution in [0.4, 0.5) is 0 Å². The third kappa shape index (κ3) is 1.70. The van der Waals surface area contributed by atoms with Crippen LogP contribution in [0.15, 0.2) is 0 Å². The van der Waals surface area contributed by atoms with Gasteiger partial charge in [-0.15, -0.1) is 0 Å². The molecule has 0 bridgehead atoms. The summed E-state index contributed by atoms with van der Waals surface area (Å²) in [5, 5.41) is 0. The summed E-state index contributed by atoms with van der Waals surface area (Å²) in [5.41, 5.74) is 0. The molecule has 0 spiro atoms. The lowest BCUT2D eigenvalue weighted by molar-refractivity contribution is -0.0393. The molecule has 2 nitrogen and oxygen atoms in total. The van der Waals surface area contributed by atoms with Crippen LogP contribution in [0.5, 0.6) is 0 Å². The van der Waals surface area contributed by atoms with Gasteiger partial charge in [0, 0.05) is 7.11 Å². The second kappa shape index (κ2) is 3.35. The van der Waals surface area contributed by atoms with E-state index in [9.17, 15) is 0 Å². The van der Waals surface area contributed by atoms with Crippen LogP contribution < -0.4 is 0 Å². The lowest BCUT2D eigenvalue weighted by Gasteiger charge is -2.17. The minimum atomic E-state index is 0.255. The van der Waals surface area contributed by atoms with Gasteiger partial charge in [-0.05, 0) is 26.7 Å². The van der Waals surface area contributed by atoms with Crippen molar-refractivity contribution in [3.05, 3.63) is 0 Å². The Kier molecular flexibility index (Phi) is 2.69. The minimum Gasteiger partial charge on any atom is -0.379 e. The van der Waals surface area contributed by atoms with Crippen molar-refractivity contribution in [2.75, 3.05) is 7.11 Å². The molecular weight excluding hydrogens is 128 g/mol. The van der Waals surface area contributed by atoms with Crippen LogP contribution in [0.1, 0.15) is 26.7 Å². The van der Waals surface area contributed by atoms with Gasteiger partial charge in [0.05, 0.1) is 18.3 Å². The molecule has 10 heavy (non-hydrogen) atoms. The van der Waals surface area contributed by atoms with E-state index in [1.54, 1.807) is 7.11 Å². The quantitative estimate of drug-likeness (QED) is 0.586. The van der Waals surface area contributed by atoms with E-state index in [2.05, 4.69) is 13.8 Å². The van der Waals surface area contributed by atoms with E-state index in [0.717, 1.165) is 6.42 Å². The Balaban J connectivity index is 2.29. The third-order valence-corrected chi connectivity index (χ3v) is 2.16. The molecule has 1 unspecified atom stereocenters. The Morgan fingerprint density at radius 2 is 2.20 bits per heavy atom. The first-order valence-corrected chi connectivity index (χ1v) is 3.92. The van der Waals surface area contributed by atoms with Crippen molar-refractivity contribution in [2.24, 2.45) is 0 Å². The van der Waals surface area contributed by atoms with E-state index in [-0.39, 0.29) is 6.10 Å². The Morgan fingerprint density at radius 1 is 1.50 bits per heavy atom. The first kappa shape index (κ1) is 8.02. The summed E-state index contributed by atoms with van der Waals surface area (Å²) in [6.45, 7) is 4.17. The van der Waals surface area contributed by atoms with Crippen molar-refractivity contribution in [3.63, 3.8) is 0 Å². The first-order chi connectivity index (χ1) is 4.74. The van der Waals surface area contributed by atoms with Crippen molar-refractivity contribution in [2.45, 2.75) is 45.0 Å². The summed E-state index contributed by atoms with van der Waals surface area (Å²) < 4.78 is 10.7. The molecule has 60 valence electrons. The largest absolute Gasteiger partial charge is 0.379 e. The van der Waals surface area contributed by atoms with E-state index in [1.165, 1.54) is 6.42 Å². The summed E-state index contributed by atoms with van der Waals surface area (Å²) in [5.74, 6) is 0. The molecule has 0 radical (unpaired) electrons. The van der Waals surface area contributed by atoms with Gasteiger partial charge in [-0.3, -0.25) is 0 Å². The SMILES string of the molecule is CO[C@@H](C)[C@@H]1CCC(C)O1. The molecule has 1 aliphatic rings. The fourth-order valence-corrected chi connectivity index (χ4v) is 1.33. The zero-order chi connectivity index (χ0) is 7.56. The maximum absolute atomic E-state index is 5.59. The van der Waals surface area contributed by atoms with Crippen LogP contribution in [0, 0.1) is 0 Å². The first-order valence-electron chi connectivity index (χ1n) is 3.92. The minimum absolute atomic E-state index is 0.255. The van der Waals surface area contributed by atoms with E-state index >= 15 is 0 Å². The zero-order valence-corrected chi connectivity index (χ0v) is 6.96. The molecule has 1 saturated heterocycles. The fraction of sp³-hybridized carbons (Fsp3) is 1.00. The molecule has 3 atom stereocenters. The molecule has 1 fully saturated rings. The highest BCUT2D eigenvalue weighted by Crippen LogP contribution is 2.22. The van der Waals surface area contributed by atoms with E-state index in [4.69, 9.17) is 9.47 Å². The van der Waals surface area contributed by atoms with Gasteiger partial charge >= 0.3 is 0 Å². The molecule has 2 heteroatoms. The van der Waals surface area contributed by atoms with Gasteiger partial charge in [0.15, 0.2) is 0 Å². The maximum Gasteiger partial charge on any atom is 0.0838 e. The number of rotatable bonds is 2. The van der Waals surface area contributed by atoms with Crippen molar-refractivity contribution >= 4 is 0 Å². The summed E-state index contributed by atoms with van der Waals surface area (Å²) in [6, 6.07) is 0. The van der Waals surface area contributed by atoms with Crippen LogP contribution in [0.2, 0.25) is 0 Å². The maximum atomic E-state index is 5.59. The Bertz CT molecular complexity index is 103. The third-order valence-electron chi connectivity index (χ3n) is 2.16. The monoisotopic (exact) mass is 144 g/mol. The lowest BCUT2D eigenvalue weighted by atomic mass is 10.1. The molecule has 1 aliphatic heterocycles. The van der Waals surface area contributed by atoms with Gasteiger partial charge < -0.3 is 9.47 Å². The van der Waals surface area contributed by atoms with Crippen LogP contribution in [0.25, 0.3) is 0 Å². The smallest absolute Gasteiger partial charge is 0.0838 e. The predicted molar refractivity (Wildman–Crippen MR) is 40.0 cm³/mol. The second-order valence-corrected chi connectivity index (χ2v) is 3.00. The molecular formula is C8H16O2. The summed E-state index contributed by atoms with van der Waals surface area (Å²) in [4.78, 5) is 0. The molecule has 0 aromatic heterocycles. The Hall–Kier alpha value is -0.0800. The topological polar surface area (TPSA) is 18.5 Å². The predicted octanol–water partition coefficient (Wildman–Crippen LogP) is 1.59. The van der Waals surface area contributed by atoms with E-state index < -0.39 is 0 Å². The summed E-state index contributed by atoms with van der Waals surface area (Å²) in [7, 11) is 1.73. The van der Waals surface area contributed by atoms with Gasteiger partial charge in [-0.25, -0.2) is 0 Å². The molecule has 0 N–H and O–H groups in total. The van der Waals surface area contributed by atoms with Gasteiger partial charge in [0.2, 0.25) is 0 Å². The van der Waals surface area contributed by atoms with Gasteiger partial charge in [-0.2, -0.15) is 0 Å². The molecule has 0 saturated carbocycles. The molecule has 0 aliphatic carbocycles. The highest BCUT2D eigenvalue weighted by Gasteiger charge is 2.26. The zero-order valence-electron chi connectivity index (χ0n) is 6.96. The molecule has 1 rings (SSSR count). The Labute approximate surface area is 62.5 Å². The standard InChI is InChI=1S/C8H16O2/c1-6-4-5-8(10-6)7(2)9-3/h6-8H,4-5H2,1-3H3/t6?,7-,8-/m0/s1. The van der Waals surface area contributed by atoms with Gasteiger partial charge in [-0.1, -0.05) is 0 Å². The highest BCUT2D eigenvalue weighted by atomic mass is 16.5. The lowest BCUT2D eigenvalue weighted by Crippen LogP contribution is -2.24. The van der Waals surface area contributed by atoms with Gasteiger partial charge in [0.1, 0.15) is 0 Å². The number of hydrogen-bond donors (Lipinski definition) is 0. The molecule has 1 heterocycles. The normalized spacial score (nSPS) is 36.3. The van der Waals surface area contributed by atoms with Crippen molar-refractivity contribution in [1.29, 1.82) is 0 Å². The highest BCUT2D eigenvalue weighted by molar-refractivity contribution is 4.75. The van der Waals surface area contributed by atoms with E-state index in [0.29, 0.717) is 12.2 Å². The summed E-state index contributed by atoms with van der Waals surface area (Å²) >= 11 is 0. The van der Waals surface area contributed by atoms with E-state index in [1.807, 2.05) is 0 Å². The average molecular weight is 144 g/mol. The van der Waals surface area contributed by atoms with Crippen molar-refractivity contribution in [3.8, 4) is 0 Å². The van der Waals surface area contributed by atoms with Gasteiger partial charge in [0.25, 0.3) is 0 Å². The summed E-state index contributed by atoms with van der Waals surface area (Å²) in [6.07, 6.45) is 3.35. The second-order valence-electron chi connectivity index (χ2n) is 3.00. The van der Waals surface area contributed by atoms with Crippen LogP contribution >= 0.6 is 0 Å². The number of ether oxygens (including phenoxy) is 2. The molecule has 0 aromatic rings. The number of methoxy groups -OCH3 is 1. The van der Waals surface area contributed by atoms with Crippen molar-refractivity contribution < 1.29 is 9.47 Å². The van der Waals surface area contributed by atoms with Crippen LogP contribution in [0.3, 0.4) is 0 Å². The molecule has 0 aromatic carbocycles. The average Bonchev–Trinajstić information content (AvgIpc) is 2.34. The Morgan fingerprint density at radius 3 is 2.60 bits per heavy atom. The van der Waals surface area contributed by atoms with Crippen molar-refractivity contribution in [1.82, 2.24) is 0 Å². The fourth-order valence-electron chi connectivity index (χ4n) is 1.33.